The van der Waals surface area contributed by atoms with Gasteiger partial charge in [-0.05, 0) is 42.7 Å². The van der Waals surface area contributed by atoms with Gasteiger partial charge in [-0.2, -0.15) is 0 Å². The van der Waals surface area contributed by atoms with Crippen LogP contribution in [-0.4, -0.2) is 44.5 Å². The van der Waals surface area contributed by atoms with Crippen molar-refractivity contribution in [1.29, 1.82) is 0 Å². The van der Waals surface area contributed by atoms with Gasteiger partial charge in [-0.1, -0.05) is 18.2 Å². The minimum atomic E-state index is -0.143. The second-order valence-corrected chi connectivity index (χ2v) is 7.66. The fourth-order valence-corrected chi connectivity index (χ4v) is 3.17. The molecule has 1 heterocycles. The molecular weight excluding hydrogens is 396 g/mol. The van der Waals surface area contributed by atoms with Crippen LogP contribution in [0.25, 0.3) is 11.0 Å². The van der Waals surface area contributed by atoms with E-state index in [9.17, 15) is 9.59 Å². The second-order valence-electron chi connectivity index (χ2n) is 7.66. The molecule has 31 heavy (non-hydrogen) atoms. The second kappa shape index (κ2) is 9.55. The van der Waals surface area contributed by atoms with E-state index in [1.807, 2.05) is 32.0 Å². The van der Waals surface area contributed by atoms with Crippen LogP contribution in [0.5, 0.6) is 11.5 Å². The van der Waals surface area contributed by atoms with Crippen LogP contribution in [0.1, 0.15) is 22.3 Å². The zero-order valence-corrected chi connectivity index (χ0v) is 18.6. The first-order valence-corrected chi connectivity index (χ1v) is 10.0. The van der Waals surface area contributed by atoms with Crippen LogP contribution in [0.2, 0.25) is 0 Å². The minimum Gasteiger partial charge on any atom is -0.493 e. The first kappa shape index (κ1) is 22.2. The number of carbonyl (C=O) groups excluding carboxylic acids is 2. The molecule has 7 nitrogen and oxygen atoms in total. The van der Waals surface area contributed by atoms with Crippen LogP contribution < -0.4 is 14.8 Å². The van der Waals surface area contributed by atoms with Crippen molar-refractivity contribution in [1.82, 2.24) is 10.2 Å². The molecule has 0 saturated heterocycles. The average molecular weight is 424 g/mol. The van der Waals surface area contributed by atoms with Gasteiger partial charge in [0, 0.05) is 31.6 Å². The maximum Gasteiger partial charge on any atom is 0.259 e. The molecule has 1 aromatic heterocycles. The van der Waals surface area contributed by atoms with Crippen LogP contribution in [0.4, 0.5) is 0 Å². The van der Waals surface area contributed by atoms with Crippen LogP contribution in [0, 0.1) is 13.8 Å². The summed E-state index contributed by atoms with van der Waals surface area (Å²) in [6, 6.07) is 9.38. The van der Waals surface area contributed by atoms with Crippen molar-refractivity contribution < 1.29 is 23.5 Å². The molecule has 0 aliphatic rings. The number of nitrogens with one attached hydrogen (secondary N) is 1. The summed E-state index contributed by atoms with van der Waals surface area (Å²) >= 11 is 0. The fourth-order valence-electron chi connectivity index (χ4n) is 3.17. The lowest BCUT2D eigenvalue weighted by Gasteiger charge is -2.14. The van der Waals surface area contributed by atoms with Crippen molar-refractivity contribution in [2.75, 3.05) is 27.8 Å². The van der Waals surface area contributed by atoms with Crippen molar-refractivity contribution in [3.63, 3.8) is 0 Å². The predicted molar refractivity (Wildman–Crippen MR) is 118 cm³/mol. The molecule has 3 aromatic rings. The number of fused-ring (bicyclic) bond motifs is 1. The van der Waals surface area contributed by atoms with E-state index in [-0.39, 0.29) is 24.8 Å². The Morgan fingerprint density at radius 3 is 2.58 bits per heavy atom. The highest BCUT2D eigenvalue weighted by molar-refractivity contribution is 5.89. The fraction of sp³-hybridized carbons (Fsp3) is 0.333. The van der Waals surface area contributed by atoms with Gasteiger partial charge in [0.2, 0.25) is 5.91 Å². The molecule has 3 rings (SSSR count). The van der Waals surface area contributed by atoms with Crippen LogP contribution in [-0.2, 0) is 22.6 Å². The maximum atomic E-state index is 12.5. The SMILES string of the molecule is COc1cc(CNC(=O)Cc2coc3c(C)c(C)ccc23)ccc1OCC(=O)N(C)C. The number of hydrogen-bond acceptors (Lipinski definition) is 5. The van der Waals surface area contributed by atoms with E-state index in [0.29, 0.717) is 18.0 Å². The van der Waals surface area contributed by atoms with Gasteiger partial charge >= 0.3 is 0 Å². The molecule has 0 aliphatic heterocycles. The highest BCUT2D eigenvalue weighted by Crippen LogP contribution is 2.29. The molecule has 1 N–H and O–H groups in total. The zero-order valence-electron chi connectivity index (χ0n) is 18.6. The molecule has 2 amide bonds. The number of nitrogens with zero attached hydrogens (tertiary/aromatic N) is 1. The molecule has 0 aliphatic carbocycles. The Morgan fingerprint density at radius 1 is 1.10 bits per heavy atom. The first-order valence-electron chi connectivity index (χ1n) is 10.0. The van der Waals surface area contributed by atoms with Gasteiger partial charge in [-0.25, -0.2) is 0 Å². The smallest absolute Gasteiger partial charge is 0.259 e. The van der Waals surface area contributed by atoms with Crippen LogP contribution in [0.3, 0.4) is 0 Å². The Bertz CT molecular complexity index is 1100. The van der Waals surface area contributed by atoms with Gasteiger partial charge in [-0.15, -0.1) is 0 Å². The first-order chi connectivity index (χ1) is 14.8. The summed E-state index contributed by atoms with van der Waals surface area (Å²) in [5.41, 5.74) is 4.80. The van der Waals surface area contributed by atoms with Crippen molar-refractivity contribution in [3.8, 4) is 11.5 Å². The number of aryl methyl sites for hydroxylation is 2. The summed E-state index contributed by atoms with van der Waals surface area (Å²) in [7, 11) is 4.87. The minimum absolute atomic E-state index is 0.0723. The maximum absolute atomic E-state index is 12.5. The van der Waals surface area contributed by atoms with Gasteiger partial charge in [-0.3, -0.25) is 9.59 Å². The van der Waals surface area contributed by atoms with Crippen molar-refractivity contribution >= 4 is 22.8 Å². The quantitative estimate of drug-likeness (QED) is 0.600. The van der Waals surface area contributed by atoms with Gasteiger partial charge in [0.1, 0.15) is 5.58 Å². The largest absolute Gasteiger partial charge is 0.493 e. The molecule has 0 saturated carbocycles. The predicted octanol–water partition coefficient (Wildman–Crippen LogP) is 3.38. The van der Waals surface area contributed by atoms with Gasteiger partial charge < -0.3 is 24.1 Å². The monoisotopic (exact) mass is 424 g/mol. The molecule has 7 heteroatoms. The number of methoxy groups -OCH3 is 1. The molecule has 0 atom stereocenters. The lowest BCUT2D eigenvalue weighted by molar-refractivity contribution is -0.130. The van der Waals surface area contributed by atoms with E-state index in [1.165, 1.54) is 12.0 Å². The molecule has 2 aromatic carbocycles. The normalized spacial score (nSPS) is 10.7. The number of likely N-dealkylation sites (N-methyl/N-ethyl adjacent to an activating group) is 1. The Kier molecular flexibility index (Phi) is 6.84. The number of benzene rings is 2. The Balaban J connectivity index is 1.61. The molecule has 164 valence electrons. The van der Waals surface area contributed by atoms with E-state index in [0.717, 1.165) is 33.2 Å². The lowest BCUT2D eigenvalue weighted by Crippen LogP contribution is -2.27. The number of amides is 2. The Hall–Kier alpha value is -3.48. The molecular formula is C24H28N2O5. The van der Waals surface area contributed by atoms with E-state index < -0.39 is 0 Å². The van der Waals surface area contributed by atoms with E-state index in [1.54, 1.807) is 32.5 Å². The number of rotatable bonds is 8. The Morgan fingerprint density at radius 2 is 1.87 bits per heavy atom. The molecule has 0 bridgehead atoms. The summed E-state index contributed by atoms with van der Waals surface area (Å²) in [5.74, 6) is 0.737. The summed E-state index contributed by atoms with van der Waals surface area (Å²) in [5, 5.41) is 3.89. The van der Waals surface area contributed by atoms with Gasteiger partial charge in [0.05, 0.1) is 19.8 Å². The third kappa shape index (κ3) is 5.17. The number of ether oxygens (including phenoxy) is 2. The van der Waals surface area contributed by atoms with Crippen LogP contribution >= 0.6 is 0 Å². The molecule has 0 radical (unpaired) electrons. The van der Waals surface area contributed by atoms with Crippen molar-refractivity contribution in [3.05, 3.63) is 58.8 Å². The van der Waals surface area contributed by atoms with Gasteiger partial charge in [0.25, 0.3) is 5.91 Å². The van der Waals surface area contributed by atoms with E-state index in [4.69, 9.17) is 13.9 Å². The summed E-state index contributed by atoms with van der Waals surface area (Å²) < 4.78 is 16.6. The number of carbonyl (C=O) groups is 2. The van der Waals surface area contributed by atoms with E-state index in [2.05, 4.69) is 5.32 Å². The van der Waals surface area contributed by atoms with Gasteiger partial charge in [0.15, 0.2) is 18.1 Å². The van der Waals surface area contributed by atoms with Crippen molar-refractivity contribution in [2.24, 2.45) is 0 Å². The zero-order chi connectivity index (χ0) is 22.5. The molecule has 0 fully saturated rings. The average Bonchev–Trinajstić information content (AvgIpc) is 3.16. The molecule has 0 unspecified atom stereocenters. The molecule has 0 spiro atoms. The van der Waals surface area contributed by atoms with Crippen LogP contribution in [0.15, 0.2) is 41.0 Å². The highest BCUT2D eigenvalue weighted by atomic mass is 16.5. The number of furan rings is 1. The lowest BCUT2D eigenvalue weighted by atomic mass is 10.0. The standard InChI is InChI=1S/C24H28N2O5/c1-15-6-8-19-18(13-31-24(19)16(15)2)11-22(27)25-12-17-7-9-20(21(10-17)29-5)30-14-23(28)26(3)4/h6-10,13H,11-12,14H2,1-5H3,(H,25,27). The van der Waals surface area contributed by atoms with E-state index >= 15 is 0 Å². The summed E-state index contributed by atoms with van der Waals surface area (Å²) in [4.78, 5) is 25.7. The number of hydrogen-bond donors (Lipinski definition) is 1. The van der Waals surface area contributed by atoms with Crippen molar-refractivity contribution in [2.45, 2.75) is 26.8 Å². The highest BCUT2D eigenvalue weighted by Gasteiger charge is 2.14. The summed E-state index contributed by atoms with van der Waals surface area (Å²) in [6.07, 6.45) is 1.89. The third-order valence-corrected chi connectivity index (χ3v) is 5.26. The topological polar surface area (TPSA) is 81.0 Å². The Labute approximate surface area is 181 Å². The third-order valence-electron chi connectivity index (χ3n) is 5.26. The summed E-state index contributed by atoms with van der Waals surface area (Å²) in [6.45, 7) is 4.33.